The van der Waals surface area contributed by atoms with Crippen molar-refractivity contribution in [1.29, 1.82) is 0 Å². The smallest absolute Gasteiger partial charge is 0.305 e. The van der Waals surface area contributed by atoms with Gasteiger partial charge < -0.3 is 14.9 Å². The van der Waals surface area contributed by atoms with Crippen LogP contribution in [0.4, 0.5) is 0 Å². The van der Waals surface area contributed by atoms with Crippen molar-refractivity contribution in [1.82, 2.24) is 15.5 Å². The summed E-state index contributed by atoms with van der Waals surface area (Å²) < 4.78 is 4.57. The van der Waals surface area contributed by atoms with E-state index in [0.717, 1.165) is 0 Å². The molecule has 0 aliphatic carbocycles. The van der Waals surface area contributed by atoms with Gasteiger partial charge in [0.15, 0.2) is 0 Å². The first-order chi connectivity index (χ1) is 6.59. The van der Waals surface area contributed by atoms with Gasteiger partial charge in [-0.25, -0.2) is 0 Å². The van der Waals surface area contributed by atoms with Crippen LogP contribution in [0.1, 0.15) is 22.9 Å². The van der Waals surface area contributed by atoms with Crippen LogP contribution in [-0.4, -0.2) is 33.7 Å². The van der Waals surface area contributed by atoms with Crippen molar-refractivity contribution in [2.75, 3.05) is 6.54 Å². The maximum atomic E-state index is 11.2. The molecule has 0 unspecified atom stereocenters. The van der Waals surface area contributed by atoms with Crippen LogP contribution in [0.2, 0.25) is 0 Å². The Labute approximate surface area is 79.1 Å². The molecule has 7 heteroatoms. The number of nitrogens with one attached hydrogen (secondary N) is 1. The molecule has 14 heavy (non-hydrogen) atoms. The van der Waals surface area contributed by atoms with Gasteiger partial charge in [0.25, 0.3) is 11.7 Å². The van der Waals surface area contributed by atoms with Gasteiger partial charge in [-0.3, -0.25) is 9.59 Å². The van der Waals surface area contributed by atoms with Crippen LogP contribution in [0.25, 0.3) is 0 Å². The fourth-order valence-corrected chi connectivity index (χ4v) is 0.753. The summed E-state index contributed by atoms with van der Waals surface area (Å²) >= 11 is 0. The molecule has 1 aromatic heterocycles. The molecule has 7 nitrogen and oxygen atoms in total. The van der Waals surface area contributed by atoms with E-state index in [4.69, 9.17) is 5.11 Å². The molecule has 2 N–H and O–H groups in total. The van der Waals surface area contributed by atoms with Gasteiger partial charge in [-0.05, 0) is 0 Å². The zero-order chi connectivity index (χ0) is 10.6. The van der Waals surface area contributed by atoms with Crippen molar-refractivity contribution in [3.05, 3.63) is 11.7 Å². The van der Waals surface area contributed by atoms with Crippen molar-refractivity contribution in [2.24, 2.45) is 0 Å². The summed E-state index contributed by atoms with van der Waals surface area (Å²) in [4.78, 5) is 24.9. The van der Waals surface area contributed by atoms with Crippen LogP contribution < -0.4 is 5.32 Å². The first-order valence-corrected chi connectivity index (χ1v) is 3.90. The van der Waals surface area contributed by atoms with E-state index in [2.05, 4.69) is 20.0 Å². The first-order valence-electron chi connectivity index (χ1n) is 3.90. The number of hydrogen-bond donors (Lipinski definition) is 2. The normalized spacial score (nSPS) is 9.79. The van der Waals surface area contributed by atoms with Crippen LogP contribution in [0.5, 0.6) is 0 Å². The fraction of sp³-hybridized carbons (Fsp3) is 0.429. The van der Waals surface area contributed by atoms with E-state index in [0.29, 0.717) is 0 Å². The van der Waals surface area contributed by atoms with Crippen LogP contribution >= 0.6 is 0 Å². The van der Waals surface area contributed by atoms with Gasteiger partial charge in [0.1, 0.15) is 0 Å². The number of amides is 1. The highest BCUT2D eigenvalue weighted by Crippen LogP contribution is 1.94. The molecule has 0 aliphatic heterocycles. The van der Waals surface area contributed by atoms with Gasteiger partial charge in [-0.1, -0.05) is 5.16 Å². The molecule has 0 aliphatic rings. The molecule has 0 radical (unpaired) electrons. The summed E-state index contributed by atoms with van der Waals surface area (Å²) in [6, 6.07) is 0. The molecule has 1 aromatic rings. The highest BCUT2D eigenvalue weighted by Gasteiger charge is 2.12. The van der Waals surface area contributed by atoms with Crippen molar-refractivity contribution in [2.45, 2.75) is 13.3 Å². The summed E-state index contributed by atoms with van der Waals surface area (Å²) in [6.45, 7) is 1.60. The van der Waals surface area contributed by atoms with E-state index in [-0.39, 0.29) is 24.7 Å². The second kappa shape index (κ2) is 4.35. The number of nitrogens with zero attached hydrogens (tertiary/aromatic N) is 2. The maximum Gasteiger partial charge on any atom is 0.305 e. The lowest BCUT2D eigenvalue weighted by Gasteiger charge is -1.97. The van der Waals surface area contributed by atoms with Crippen LogP contribution in [0, 0.1) is 6.92 Å². The fourth-order valence-electron chi connectivity index (χ4n) is 0.753. The first kappa shape index (κ1) is 10.2. The van der Waals surface area contributed by atoms with Gasteiger partial charge in [-0.2, -0.15) is 4.98 Å². The van der Waals surface area contributed by atoms with E-state index in [1.165, 1.54) is 0 Å². The predicted molar refractivity (Wildman–Crippen MR) is 43.6 cm³/mol. The monoisotopic (exact) mass is 199 g/mol. The topological polar surface area (TPSA) is 105 Å². The zero-order valence-corrected chi connectivity index (χ0v) is 7.48. The Morgan fingerprint density at radius 1 is 1.57 bits per heavy atom. The minimum absolute atomic E-state index is 0.0434. The number of carboxylic acids is 1. The van der Waals surface area contributed by atoms with E-state index < -0.39 is 11.9 Å². The van der Waals surface area contributed by atoms with Crippen molar-refractivity contribution >= 4 is 11.9 Å². The lowest BCUT2D eigenvalue weighted by atomic mass is 10.4. The lowest BCUT2D eigenvalue weighted by molar-refractivity contribution is -0.136. The Bertz CT molecular complexity index is 346. The molecule has 1 rings (SSSR count). The van der Waals surface area contributed by atoms with Crippen LogP contribution in [0.15, 0.2) is 4.52 Å². The van der Waals surface area contributed by atoms with Crippen LogP contribution in [0.3, 0.4) is 0 Å². The van der Waals surface area contributed by atoms with Gasteiger partial charge in [0.2, 0.25) is 5.89 Å². The molecule has 0 fully saturated rings. The number of carboxylic acid groups (broad SMARTS) is 1. The SMILES string of the molecule is Cc1nc(C(=O)NCCC(=O)O)no1. The Balaban J connectivity index is 2.39. The summed E-state index contributed by atoms with van der Waals surface area (Å²) in [5, 5.41) is 14.0. The number of aryl methyl sites for hydroxylation is 1. The Morgan fingerprint density at radius 2 is 2.29 bits per heavy atom. The third-order valence-corrected chi connectivity index (χ3v) is 1.36. The average molecular weight is 199 g/mol. The molecular weight excluding hydrogens is 190 g/mol. The molecule has 0 atom stereocenters. The van der Waals surface area contributed by atoms with Crippen molar-refractivity contribution in [3.8, 4) is 0 Å². The summed E-state index contributed by atoms with van der Waals surface area (Å²) in [6.07, 6.45) is -0.136. The number of aliphatic carboxylic acids is 1. The van der Waals surface area contributed by atoms with E-state index in [9.17, 15) is 9.59 Å². The summed E-state index contributed by atoms with van der Waals surface area (Å²) in [7, 11) is 0. The Kier molecular flexibility index (Phi) is 3.16. The van der Waals surface area contributed by atoms with Crippen molar-refractivity contribution < 1.29 is 19.2 Å². The van der Waals surface area contributed by atoms with E-state index in [1.807, 2.05) is 0 Å². The summed E-state index contributed by atoms with van der Waals surface area (Å²) in [5.74, 6) is -1.32. The van der Waals surface area contributed by atoms with E-state index in [1.54, 1.807) is 6.92 Å². The molecule has 0 bridgehead atoms. The van der Waals surface area contributed by atoms with Gasteiger partial charge in [0, 0.05) is 13.5 Å². The van der Waals surface area contributed by atoms with Gasteiger partial charge >= 0.3 is 5.97 Å². The highest BCUT2D eigenvalue weighted by molar-refractivity contribution is 5.90. The molecule has 1 heterocycles. The third-order valence-electron chi connectivity index (χ3n) is 1.36. The minimum atomic E-state index is -0.977. The molecule has 0 spiro atoms. The molecule has 0 aromatic carbocycles. The Hall–Kier alpha value is -1.92. The van der Waals surface area contributed by atoms with Gasteiger partial charge in [0.05, 0.1) is 6.42 Å². The molecular formula is C7H9N3O4. The van der Waals surface area contributed by atoms with Crippen LogP contribution in [-0.2, 0) is 4.79 Å². The lowest BCUT2D eigenvalue weighted by Crippen LogP contribution is -2.26. The number of rotatable bonds is 4. The summed E-state index contributed by atoms with van der Waals surface area (Å²) in [5.41, 5.74) is 0. The number of aromatic nitrogens is 2. The minimum Gasteiger partial charge on any atom is -0.481 e. The maximum absolute atomic E-state index is 11.2. The number of carbonyl (C=O) groups excluding carboxylic acids is 1. The second-order valence-corrected chi connectivity index (χ2v) is 2.54. The number of hydrogen-bond acceptors (Lipinski definition) is 5. The molecule has 0 saturated heterocycles. The molecule has 76 valence electrons. The van der Waals surface area contributed by atoms with Crippen molar-refractivity contribution in [3.63, 3.8) is 0 Å². The largest absolute Gasteiger partial charge is 0.481 e. The standard InChI is InChI=1S/C7H9N3O4/c1-4-9-6(10-14-4)7(13)8-3-2-5(11)12/h2-3H2,1H3,(H,8,13)(H,11,12). The van der Waals surface area contributed by atoms with E-state index >= 15 is 0 Å². The quantitative estimate of drug-likeness (QED) is 0.682. The zero-order valence-electron chi connectivity index (χ0n) is 7.48. The third kappa shape index (κ3) is 2.85. The predicted octanol–water partition coefficient (Wildman–Crippen LogP) is -0.417. The Morgan fingerprint density at radius 3 is 2.79 bits per heavy atom. The van der Waals surface area contributed by atoms with Gasteiger partial charge in [-0.15, -0.1) is 0 Å². The molecule has 1 amide bonds. The highest BCUT2D eigenvalue weighted by atomic mass is 16.5. The number of carbonyl (C=O) groups is 2. The average Bonchev–Trinajstić information content (AvgIpc) is 2.51. The second-order valence-electron chi connectivity index (χ2n) is 2.54. The molecule has 0 saturated carbocycles.